The van der Waals surface area contributed by atoms with Crippen molar-refractivity contribution in [3.8, 4) is 6.08 Å². The maximum atomic E-state index is 14.3. The molecule has 29 heteroatoms. The summed E-state index contributed by atoms with van der Waals surface area (Å²) in [6, 6.07) is 6.80. The minimum Gasteiger partial charge on any atom is -0.460 e. The molecule has 4 saturated carbocycles. The number of aliphatic hydroxyl groups is 1. The number of oxazole rings is 2. The average Bonchev–Trinajstić information content (AvgIpc) is 1.58. The molecule has 4 amide bonds. The zero-order chi connectivity index (χ0) is 71.6. The third kappa shape index (κ3) is 18.9. The largest absolute Gasteiger partial charge is 0.460 e. The molecule has 10 atom stereocenters. The first-order valence-corrected chi connectivity index (χ1v) is 37.8. The van der Waals surface area contributed by atoms with Crippen LogP contribution in [0.25, 0.3) is 22.2 Å². The smallest absolute Gasteiger partial charge is 0.395 e. The van der Waals surface area contributed by atoms with Crippen LogP contribution in [-0.4, -0.2) is 148 Å². The van der Waals surface area contributed by atoms with E-state index >= 15 is 0 Å². The van der Waals surface area contributed by atoms with Crippen LogP contribution < -0.4 is 14.2 Å². The summed E-state index contributed by atoms with van der Waals surface area (Å²) in [5.41, 5.74) is -3.19. The molecule has 2 saturated heterocycles. The molecule has 2 aromatic heterocycles. The van der Waals surface area contributed by atoms with E-state index in [1.54, 1.807) is 59.7 Å². The van der Waals surface area contributed by atoms with Crippen LogP contribution in [0.4, 0.5) is 8.78 Å². The number of ketones is 2. The Labute approximate surface area is 579 Å². The molecule has 24 nitrogen and oxygen atoms in total. The summed E-state index contributed by atoms with van der Waals surface area (Å²) in [5.74, 6) is -7.05. The van der Waals surface area contributed by atoms with E-state index in [2.05, 4.69) is 19.4 Å². The molecule has 4 aromatic rings. The van der Waals surface area contributed by atoms with Gasteiger partial charge in [-0.05, 0) is 166 Å². The van der Waals surface area contributed by atoms with E-state index in [9.17, 15) is 69.1 Å². The summed E-state index contributed by atoms with van der Waals surface area (Å²) >= 11 is 5.41. The molecule has 0 bridgehead atoms. The van der Waals surface area contributed by atoms with Gasteiger partial charge in [0.1, 0.15) is 28.3 Å². The summed E-state index contributed by atoms with van der Waals surface area (Å²) in [4.78, 5) is 119. The van der Waals surface area contributed by atoms with Gasteiger partial charge >= 0.3 is 18.0 Å². The van der Waals surface area contributed by atoms with E-state index in [1.807, 2.05) is 24.3 Å². The van der Waals surface area contributed by atoms with Crippen molar-refractivity contribution in [3.05, 3.63) is 77.7 Å². The number of aliphatic hydroxyl groups excluding tert-OH is 1. The van der Waals surface area contributed by atoms with Gasteiger partial charge in [0.15, 0.2) is 34.4 Å². The number of aromatic nitrogens is 2. The number of allylic oxidation sites excluding steroid dienone is 4. The van der Waals surface area contributed by atoms with E-state index < -0.39 is 136 Å². The second-order valence-electron chi connectivity index (χ2n) is 29.7. The highest BCUT2D eigenvalue weighted by Crippen LogP contribution is 2.59. The van der Waals surface area contributed by atoms with Crippen molar-refractivity contribution in [1.29, 1.82) is 0 Å². The van der Waals surface area contributed by atoms with Crippen LogP contribution in [0.1, 0.15) is 183 Å². The van der Waals surface area contributed by atoms with Crippen LogP contribution in [0, 0.1) is 46.1 Å². The van der Waals surface area contributed by atoms with Crippen LogP contribution in [0.3, 0.4) is 0 Å². The fraction of sp³-hybridized carbons (Fsp3) is 0.629. The average molecular weight is 1440 g/mol. The Bertz CT molecular complexity index is 4030. The number of nitrogens with zero attached hydrogens (tertiary/aromatic N) is 4. The van der Waals surface area contributed by atoms with Gasteiger partial charge in [0.2, 0.25) is 43.7 Å². The summed E-state index contributed by atoms with van der Waals surface area (Å²) < 4.78 is 109. The molecule has 2 aromatic carbocycles. The van der Waals surface area contributed by atoms with E-state index in [0.29, 0.717) is 63.3 Å². The zero-order valence-electron chi connectivity index (χ0n) is 56.6. The van der Waals surface area contributed by atoms with Gasteiger partial charge in [-0.25, -0.2) is 25.6 Å². The molecule has 4 aliphatic carbocycles. The number of carbonyl (C=O) groups is 8. The number of sulfonamides is 2. The number of nitrogens with one attached hydrogen (secondary N) is 2. The molecule has 8 aliphatic rings. The first-order valence-electron chi connectivity index (χ1n) is 34.3. The van der Waals surface area contributed by atoms with Crippen molar-refractivity contribution < 1.29 is 92.1 Å². The first kappa shape index (κ1) is 74.5. The Kier molecular flexibility index (Phi) is 22.7. The lowest BCUT2D eigenvalue weighted by Gasteiger charge is -2.29. The molecule has 6 fully saturated rings. The minimum absolute atomic E-state index is 0.0291. The fourth-order valence-electron chi connectivity index (χ4n) is 13.7. The van der Waals surface area contributed by atoms with E-state index in [1.165, 1.54) is 28.0 Å². The van der Waals surface area contributed by atoms with Gasteiger partial charge < -0.3 is 38.0 Å². The van der Waals surface area contributed by atoms with Crippen molar-refractivity contribution in [2.75, 3.05) is 13.1 Å². The number of ether oxygens (including phenoxy) is 3. The van der Waals surface area contributed by atoms with Crippen molar-refractivity contribution >= 4 is 101 Å². The predicted octanol–water partition coefficient (Wildman–Crippen LogP) is 9.77. The summed E-state index contributed by atoms with van der Waals surface area (Å²) in [5, 5.41) is 9.23. The lowest BCUT2D eigenvalue weighted by Crippen LogP contribution is -2.46. The van der Waals surface area contributed by atoms with E-state index in [0.717, 1.165) is 44.9 Å². The van der Waals surface area contributed by atoms with Crippen LogP contribution >= 0.6 is 11.6 Å². The number of hydrogen-bond acceptors (Lipinski definition) is 20. The number of Topliss-reactive ketones (excluding diaryl/α,β-unsaturated/α-hetero) is 2. The standard InChI is InChI=1S/C35H44FN3O9S.C28H42N2O8S.C7H3ClFNO/c1-34(2,3)48-29(41)16-21-10-7-5-4-6-8-11-22-18-35(22,32(43)38-49(44,45)24-14-15-24)19-28(40)27-17-23(20-39(27)31(21)42)46-33-37-26-13-9-12-25(36)30(26)47-33;1-27(2,3)38-24(33)13-18-9-7-5-4-6-8-10-19-15-28(19,26(35)29-39(36,37)21-11-12-21)16-23(32)22-14-20(31)17-30(22)25(18)34;8-7-10-5-3-1-2-4(9)6(5)11-7/h8-9,11-13,21-24,27H,4-7,10,14-20H2,1-3H3,(H,38,43);8,10,18-22,31H,4-7,9,11-17H2,1-3H3,(H,29,35);1-3H/b11-8-;10-8-;/t21-,22-,23-,27+,35-;18-,19-,20-,22+,28-;/m11./s1. The highest BCUT2D eigenvalue weighted by Gasteiger charge is 2.63. The van der Waals surface area contributed by atoms with Crippen LogP contribution in [-0.2, 0) is 67.9 Å². The first-order chi connectivity index (χ1) is 46.6. The number of benzene rings is 2. The number of fused-ring (bicyclic) bond motifs is 6. The van der Waals surface area contributed by atoms with Gasteiger partial charge in [0.25, 0.3) is 5.35 Å². The Morgan fingerprint density at radius 2 is 1.07 bits per heavy atom. The monoisotopic (exact) mass is 1440 g/mol. The molecule has 3 N–H and O–H groups in total. The van der Waals surface area contributed by atoms with Gasteiger partial charge in [-0.2, -0.15) is 9.97 Å². The molecular formula is C70H89ClF2N6O18S2. The number of rotatable bonds is 12. The Hall–Kier alpha value is -7.17. The molecule has 0 radical (unpaired) electrons. The number of amides is 4. The summed E-state index contributed by atoms with van der Waals surface area (Å²) in [6.45, 7) is 10.5. The second-order valence-corrected chi connectivity index (χ2v) is 33.9. The Morgan fingerprint density at radius 1 is 0.626 bits per heavy atom. The minimum atomic E-state index is -3.85. The van der Waals surface area contributed by atoms with Crippen LogP contribution in [0.5, 0.6) is 6.08 Å². The molecule has 99 heavy (non-hydrogen) atoms. The van der Waals surface area contributed by atoms with Crippen LogP contribution in [0.15, 0.2) is 69.5 Å². The van der Waals surface area contributed by atoms with Crippen molar-refractivity contribution in [1.82, 2.24) is 29.2 Å². The molecule has 12 rings (SSSR count). The maximum absolute atomic E-state index is 14.3. The number of halogens is 3. The van der Waals surface area contributed by atoms with Crippen molar-refractivity contribution in [2.45, 2.75) is 229 Å². The van der Waals surface area contributed by atoms with Gasteiger partial charge in [0.05, 0.1) is 58.9 Å². The van der Waals surface area contributed by atoms with Gasteiger partial charge in [0, 0.05) is 44.1 Å². The fourth-order valence-corrected chi connectivity index (χ4v) is 16.7. The topological polar surface area (TPSA) is 335 Å². The van der Waals surface area contributed by atoms with Gasteiger partial charge in [-0.15, -0.1) is 0 Å². The zero-order valence-corrected chi connectivity index (χ0v) is 59.0. The lowest BCUT2D eigenvalue weighted by atomic mass is 9.90. The highest BCUT2D eigenvalue weighted by atomic mass is 35.5. The number of para-hydroxylation sites is 2. The third-order valence-corrected chi connectivity index (χ3v) is 23.1. The Balaban J connectivity index is 0.000000188. The Morgan fingerprint density at radius 3 is 1.52 bits per heavy atom. The molecule has 4 aliphatic heterocycles. The van der Waals surface area contributed by atoms with Crippen LogP contribution in [0.2, 0.25) is 5.35 Å². The quantitative estimate of drug-likeness (QED) is 0.0877. The van der Waals surface area contributed by atoms with Gasteiger partial charge in [-0.3, -0.25) is 47.8 Å². The molecular weight excluding hydrogens is 1350 g/mol. The normalized spacial score (nSPS) is 28.6. The van der Waals surface area contributed by atoms with Crippen molar-refractivity contribution in [3.63, 3.8) is 0 Å². The summed E-state index contributed by atoms with van der Waals surface area (Å²) in [7, 11) is -7.63. The number of hydrogen-bond donors (Lipinski definition) is 3. The van der Waals surface area contributed by atoms with Gasteiger partial charge in [-0.1, -0.05) is 62.1 Å². The predicted molar refractivity (Wildman–Crippen MR) is 356 cm³/mol. The lowest BCUT2D eigenvalue weighted by molar-refractivity contribution is -0.159. The van der Waals surface area contributed by atoms with E-state index in [-0.39, 0.29) is 103 Å². The maximum Gasteiger partial charge on any atom is 0.395 e. The van der Waals surface area contributed by atoms with Crippen molar-refractivity contribution in [2.24, 2.45) is 34.5 Å². The highest BCUT2D eigenvalue weighted by molar-refractivity contribution is 7.91. The number of carbonyl (C=O) groups excluding carboxylic acids is 8. The number of esters is 2. The van der Waals surface area contributed by atoms with E-state index in [4.69, 9.17) is 34.6 Å². The molecule has 6 heterocycles. The molecule has 0 unspecified atom stereocenters. The SMILES string of the molecule is CC(C)(C)OC(=O)C[C@H]1CCCCC/C=C\[C@@H]2C[C@@]2(C(=O)NS(=O)(=O)C2CC2)CC(=O)[C@@H]2C[C@@H](O)CN2C1=O.CC(C)(C)OC(=O)C[C@H]1CCCCC/C=C\[C@@H]2C[C@@]2(C(=O)NS(=O)(=O)C2CC2)CC(=O)[C@@H]2C[C@@H](Oc3nc4cccc(F)c4o3)CN2C1=O.Fc1cccc2nc(Cl)oc12. The second kappa shape index (κ2) is 30.2. The molecule has 0 spiro atoms. The molecule has 540 valence electrons. The third-order valence-electron chi connectivity index (χ3n) is 19.3. The summed E-state index contributed by atoms with van der Waals surface area (Å²) in [6.07, 6.45) is 14.9.